The molecule has 3 N–H and O–H groups in total. The summed E-state index contributed by atoms with van der Waals surface area (Å²) in [6.07, 6.45) is -5.27. The van der Waals surface area contributed by atoms with Crippen LogP contribution in [-0.2, 0) is 18.7 Å². The van der Waals surface area contributed by atoms with E-state index in [9.17, 15) is 19.8 Å². The second kappa shape index (κ2) is 12.4. The second-order valence-electron chi connectivity index (χ2n) is 11.0. The summed E-state index contributed by atoms with van der Waals surface area (Å²) in [5, 5.41) is 26.7. The number of hydrogen-bond acceptors (Lipinski definition) is 7. The molecule has 0 spiro atoms. The van der Waals surface area contributed by atoms with E-state index in [4.69, 9.17) is 13.9 Å². The van der Waals surface area contributed by atoms with E-state index in [1.807, 2.05) is 36.4 Å². The molecule has 0 unspecified atom stereocenters. The molecule has 0 aromatic heterocycles. The summed E-state index contributed by atoms with van der Waals surface area (Å²) in [6, 6.07) is 27.1. The van der Waals surface area contributed by atoms with E-state index in [1.165, 1.54) is 6.92 Å². The Balaban J connectivity index is 1.67. The van der Waals surface area contributed by atoms with E-state index < -0.39 is 50.8 Å². The molecular formula is C31H37NO7Si. The van der Waals surface area contributed by atoms with Crippen LogP contribution in [0.15, 0.2) is 91.0 Å². The van der Waals surface area contributed by atoms with E-state index in [0.717, 1.165) is 10.4 Å². The fourth-order valence-corrected chi connectivity index (χ4v) is 9.90. The fourth-order valence-electron chi connectivity index (χ4n) is 5.33. The standard InChI is InChI=1S/C31H37NO7Si/c1-21(33)32-26-28(39-29(35)22-14-8-5-9-15-22)27(34)25(38-30(26)36)20-37-40(31(2,3)4,23-16-10-6-11-17-23)24-18-12-7-13-19-24/h5-19,25-28,30,34,36H,20H2,1-4H3,(H,32,33)/t25-,26-,27-,28-,30-/m1/s1. The molecule has 1 heterocycles. The van der Waals surface area contributed by atoms with Gasteiger partial charge in [-0.2, -0.15) is 0 Å². The van der Waals surface area contributed by atoms with Gasteiger partial charge in [0.05, 0.1) is 12.2 Å². The maximum absolute atomic E-state index is 12.9. The van der Waals surface area contributed by atoms with Crippen molar-refractivity contribution in [2.75, 3.05) is 6.61 Å². The minimum atomic E-state index is -2.98. The van der Waals surface area contributed by atoms with E-state index in [1.54, 1.807) is 30.3 Å². The van der Waals surface area contributed by atoms with Gasteiger partial charge < -0.3 is 29.4 Å². The van der Waals surface area contributed by atoms with Crippen LogP contribution in [0.25, 0.3) is 0 Å². The first-order valence-corrected chi connectivity index (χ1v) is 15.2. The number of aliphatic hydroxyl groups excluding tert-OH is 2. The molecule has 212 valence electrons. The van der Waals surface area contributed by atoms with Crippen molar-refractivity contribution >= 4 is 30.6 Å². The van der Waals surface area contributed by atoms with Gasteiger partial charge in [0.1, 0.15) is 18.2 Å². The smallest absolute Gasteiger partial charge is 0.338 e. The van der Waals surface area contributed by atoms with Crippen LogP contribution in [0.1, 0.15) is 38.1 Å². The quantitative estimate of drug-likeness (QED) is 0.285. The van der Waals surface area contributed by atoms with Crippen molar-refractivity contribution in [3.63, 3.8) is 0 Å². The average Bonchev–Trinajstić information content (AvgIpc) is 2.94. The first-order chi connectivity index (χ1) is 19.0. The highest BCUT2D eigenvalue weighted by molar-refractivity contribution is 6.99. The van der Waals surface area contributed by atoms with Gasteiger partial charge in [0.2, 0.25) is 5.91 Å². The first-order valence-electron chi connectivity index (χ1n) is 13.3. The lowest BCUT2D eigenvalue weighted by Crippen LogP contribution is -2.69. The summed E-state index contributed by atoms with van der Waals surface area (Å²) in [7, 11) is -2.98. The maximum Gasteiger partial charge on any atom is 0.338 e. The minimum absolute atomic E-state index is 0.0856. The Hall–Kier alpha value is -3.34. The van der Waals surface area contributed by atoms with Crippen molar-refractivity contribution in [1.82, 2.24) is 5.32 Å². The van der Waals surface area contributed by atoms with E-state index in [0.29, 0.717) is 0 Å². The summed E-state index contributed by atoms with van der Waals surface area (Å²) in [4.78, 5) is 24.8. The van der Waals surface area contributed by atoms with E-state index in [2.05, 4.69) is 50.4 Å². The summed E-state index contributed by atoms with van der Waals surface area (Å²) >= 11 is 0. The van der Waals surface area contributed by atoms with Gasteiger partial charge in [0.25, 0.3) is 8.32 Å². The van der Waals surface area contributed by atoms with Crippen LogP contribution < -0.4 is 15.7 Å². The first kappa shape index (κ1) is 29.6. The van der Waals surface area contributed by atoms with Gasteiger partial charge in [-0.15, -0.1) is 0 Å². The number of hydrogen-bond donors (Lipinski definition) is 3. The third-order valence-electron chi connectivity index (χ3n) is 7.20. The van der Waals surface area contributed by atoms with Crippen LogP contribution in [-0.4, -0.2) is 67.7 Å². The van der Waals surface area contributed by atoms with Crippen molar-refractivity contribution in [3.05, 3.63) is 96.6 Å². The van der Waals surface area contributed by atoms with Gasteiger partial charge >= 0.3 is 5.97 Å². The molecule has 4 rings (SSSR count). The van der Waals surface area contributed by atoms with E-state index >= 15 is 0 Å². The predicted octanol–water partition coefficient (Wildman–Crippen LogP) is 2.37. The molecule has 40 heavy (non-hydrogen) atoms. The Kier molecular flexibility index (Phi) is 9.22. The number of esters is 1. The number of amides is 1. The molecule has 3 aromatic rings. The molecule has 0 saturated carbocycles. The topological polar surface area (TPSA) is 114 Å². The molecule has 0 aliphatic carbocycles. The molecule has 1 saturated heterocycles. The van der Waals surface area contributed by atoms with Crippen LogP contribution in [0.4, 0.5) is 0 Å². The Morgan fingerprint density at radius 3 is 1.85 bits per heavy atom. The van der Waals surface area contributed by atoms with Gasteiger partial charge in [-0.1, -0.05) is 99.6 Å². The van der Waals surface area contributed by atoms with Gasteiger partial charge in [0.15, 0.2) is 12.4 Å². The van der Waals surface area contributed by atoms with Crippen LogP contribution in [0.2, 0.25) is 5.04 Å². The van der Waals surface area contributed by atoms with Gasteiger partial charge in [-0.3, -0.25) is 4.79 Å². The zero-order valence-electron chi connectivity index (χ0n) is 23.2. The van der Waals surface area contributed by atoms with Gasteiger partial charge in [-0.25, -0.2) is 4.79 Å². The lowest BCUT2D eigenvalue weighted by Gasteiger charge is -2.46. The number of carbonyl (C=O) groups is 2. The van der Waals surface area contributed by atoms with Crippen molar-refractivity contribution in [2.45, 2.75) is 63.4 Å². The zero-order chi connectivity index (χ0) is 28.9. The third kappa shape index (κ3) is 6.19. The van der Waals surface area contributed by atoms with Crippen molar-refractivity contribution in [1.29, 1.82) is 0 Å². The minimum Gasteiger partial charge on any atom is -0.453 e. The fraction of sp³-hybridized carbons (Fsp3) is 0.355. The summed E-state index contributed by atoms with van der Waals surface area (Å²) < 4.78 is 18.4. The predicted molar refractivity (Wildman–Crippen MR) is 154 cm³/mol. The maximum atomic E-state index is 12.9. The Morgan fingerprint density at radius 1 is 0.875 bits per heavy atom. The SMILES string of the molecule is CC(=O)N[C@@H]1[C@@H](OC(=O)c2ccccc2)[C@H](O)[C@@H](CO[Si](c2ccccc2)(c2ccccc2)C(C)(C)C)O[C@H]1O. The Bertz CT molecular complexity index is 1230. The van der Waals surface area contributed by atoms with Crippen molar-refractivity contribution in [3.8, 4) is 0 Å². The van der Waals surface area contributed by atoms with Crippen molar-refractivity contribution in [2.24, 2.45) is 0 Å². The molecule has 1 fully saturated rings. The molecule has 0 radical (unpaired) electrons. The summed E-state index contributed by atoms with van der Waals surface area (Å²) in [5.41, 5.74) is 0.275. The Morgan fingerprint density at radius 2 is 1.38 bits per heavy atom. The number of carbonyl (C=O) groups excluding carboxylic acids is 2. The molecule has 1 amide bonds. The highest BCUT2D eigenvalue weighted by Crippen LogP contribution is 2.37. The highest BCUT2D eigenvalue weighted by atomic mass is 28.4. The van der Waals surface area contributed by atoms with Crippen LogP contribution in [0.5, 0.6) is 0 Å². The molecular weight excluding hydrogens is 526 g/mol. The monoisotopic (exact) mass is 563 g/mol. The van der Waals surface area contributed by atoms with Gasteiger partial charge in [0, 0.05) is 6.92 Å². The van der Waals surface area contributed by atoms with Gasteiger partial charge in [-0.05, 0) is 27.5 Å². The third-order valence-corrected chi connectivity index (χ3v) is 12.2. The lowest BCUT2D eigenvalue weighted by atomic mass is 9.96. The molecule has 1 aliphatic rings. The highest BCUT2D eigenvalue weighted by Gasteiger charge is 2.53. The molecule has 8 nitrogen and oxygen atoms in total. The number of rotatable bonds is 8. The molecule has 9 heteroatoms. The van der Waals surface area contributed by atoms with Crippen molar-refractivity contribution < 1.29 is 33.7 Å². The molecule has 1 aliphatic heterocycles. The molecule has 0 bridgehead atoms. The molecule has 5 atom stereocenters. The largest absolute Gasteiger partial charge is 0.453 e. The summed E-state index contributed by atoms with van der Waals surface area (Å²) in [5.74, 6) is -1.16. The van der Waals surface area contributed by atoms with Crippen LogP contribution in [0.3, 0.4) is 0 Å². The molecule has 3 aromatic carbocycles. The second-order valence-corrected chi connectivity index (χ2v) is 15.3. The van der Waals surface area contributed by atoms with E-state index in [-0.39, 0.29) is 17.2 Å². The zero-order valence-corrected chi connectivity index (χ0v) is 24.2. The number of benzene rings is 3. The van der Waals surface area contributed by atoms with Crippen LogP contribution in [0, 0.1) is 0 Å². The Labute approximate surface area is 236 Å². The average molecular weight is 564 g/mol. The normalized spacial score (nSPS) is 23.3. The lowest BCUT2D eigenvalue weighted by molar-refractivity contribution is -0.252. The number of ether oxygens (including phenoxy) is 2. The number of aliphatic hydroxyl groups is 2. The summed E-state index contributed by atoms with van der Waals surface area (Å²) in [6.45, 7) is 7.57. The van der Waals surface area contributed by atoms with Crippen LogP contribution >= 0.6 is 0 Å². The number of nitrogens with one attached hydrogen (secondary N) is 1.